The molecule has 1 fully saturated rings. The molecule has 1 aliphatic heterocycles. The van der Waals surface area contributed by atoms with E-state index in [9.17, 15) is 0 Å². The van der Waals surface area contributed by atoms with Gasteiger partial charge in [0.15, 0.2) is 0 Å². The van der Waals surface area contributed by atoms with Gasteiger partial charge in [-0.3, -0.25) is 0 Å². The molecule has 0 saturated carbocycles. The molecule has 19 heavy (non-hydrogen) atoms. The molecule has 5 heteroatoms. The van der Waals surface area contributed by atoms with Crippen molar-refractivity contribution in [2.75, 3.05) is 19.7 Å². The molecule has 1 N–H and O–H groups in total. The Morgan fingerprint density at radius 1 is 1.53 bits per heavy atom. The monoisotopic (exact) mass is 277 g/mol. The first-order chi connectivity index (χ1) is 9.24. The summed E-state index contributed by atoms with van der Waals surface area (Å²) in [6.07, 6.45) is 3.95. The van der Waals surface area contributed by atoms with Crippen LogP contribution in [0.25, 0.3) is 0 Å². The van der Waals surface area contributed by atoms with Gasteiger partial charge in [0, 0.05) is 22.8 Å². The molecule has 0 radical (unpaired) electrons. The minimum absolute atomic E-state index is 0.124. The molecule has 102 valence electrons. The molecule has 0 spiro atoms. The van der Waals surface area contributed by atoms with Crippen LogP contribution in [0.5, 0.6) is 0 Å². The zero-order valence-electron chi connectivity index (χ0n) is 11.3. The van der Waals surface area contributed by atoms with Crippen LogP contribution in [0.1, 0.15) is 27.1 Å². The van der Waals surface area contributed by atoms with Crippen LogP contribution < -0.4 is 5.32 Å². The van der Waals surface area contributed by atoms with Crippen molar-refractivity contribution < 1.29 is 4.74 Å². The summed E-state index contributed by atoms with van der Waals surface area (Å²) >= 11 is 1.86. The van der Waals surface area contributed by atoms with Gasteiger partial charge in [-0.1, -0.05) is 0 Å². The number of hydrogen-bond acceptors (Lipinski definition) is 4. The number of ether oxygens (including phenoxy) is 1. The van der Waals surface area contributed by atoms with Crippen LogP contribution >= 0.6 is 11.3 Å². The normalized spacial score (nSPS) is 19.8. The molecular formula is C14H19N3OS. The molecule has 0 bridgehead atoms. The molecule has 1 atom stereocenters. The number of rotatable bonds is 3. The summed E-state index contributed by atoms with van der Waals surface area (Å²) in [5.41, 5.74) is 2.54. The Morgan fingerprint density at radius 3 is 3.11 bits per heavy atom. The number of hydrogen-bond donors (Lipinski definition) is 1. The van der Waals surface area contributed by atoms with Crippen LogP contribution in [-0.2, 0) is 11.3 Å². The van der Waals surface area contributed by atoms with E-state index in [1.807, 2.05) is 23.9 Å². The zero-order valence-corrected chi connectivity index (χ0v) is 12.2. The van der Waals surface area contributed by atoms with Crippen molar-refractivity contribution in [2.45, 2.75) is 26.5 Å². The second kappa shape index (κ2) is 5.45. The van der Waals surface area contributed by atoms with E-state index in [1.165, 1.54) is 15.3 Å². The summed E-state index contributed by atoms with van der Waals surface area (Å²) in [5, 5.41) is 3.36. The third-order valence-corrected chi connectivity index (χ3v) is 4.68. The lowest BCUT2D eigenvalue weighted by Gasteiger charge is -2.24. The maximum absolute atomic E-state index is 5.81. The smallest absolute Gasteiger partial charge is 0.111 e. The van der Waals surface area contributed by atoms with Crippen molar-refractivity contribution in [3.8, 4) is 0 Å². The summed E-state index contributed by atoms with van der Waals surface area (Å²) in [6, 6.07) is 2.27. The number of aromatic nitrogens is 2. The van der Waals surface area contributed by atoms with Crippen molar-refractivity contribution >= 4 is 11.3 Å². The van der Waals surface area contributed by atoms with Gasteiger partial charge in [-0.2, -0.15) is 0 Å². The number of nitrogens with zero attached hydrogens (tertiary/aromatic N) is 2. The maximum Gasteiger partial charge on any atom is 0.111 e. The van der Waals surface area contributed by atoms with E-state index in [0.717, 1.165) is 31.9 Å². The first-order valence-corrected chi connectivity index (χ1v) is 7.44. The first kappa shape index (κ1) is 12.8. The minimum Gasteiger partial charge on any atom is -0.369 e. The molecule has 0 amide bonds. The lowest BCUT2D eigenvalue weighted by atomic mass is 10.2. The average molecular weight is 277 g/mol. The Bertz CT molecular complexity index is 535. The fourth-order valence-corrected chi connectivity index (χ4v) is 3.43. The highest BCUT2D eigenvalue weighted by Crippen LogP contribution is 2.24. The predicted molar refractivity (Wildman–Crippen MR) is 76.7 cm³/mol. The van der Waals surface area contributed by atoms with Gasteiger partial charge in [-0.05, 0) is 25.5 Å². The third kappa shape index (κ3) is 2.73. The number of thiophene rings is 1. The largest absolute Gasteiger partial charge is 0.369 e. The van der Waals surface area contributed by atoms with Crippen molar-refractivity contribution in [2.24, 2.45) is 0 Å². The number of nitrogens with one attached hydrogen (secondary N) is 1. The second-order valence-electron chi connectivity index (χ2n) is 4.96. The average Bonchev–Trinajstić information content (AvgIpc) is 2.99. The number of aryl methyl sites for hydroxylation is 2. The van der Waals surface area contributed by atoms with Gasteiger partial charge >= 0.3 is 0 Å². The molecule has 1 aliphatic rings. The van der Waals surface area contributed by atoms with Gasteiger partial charge in [-0.15, -0.1) is 11.3 Å². The number of imidazole rings is 1. The molecule has 1 unspecified atom stereocenters. The SMILES string of the molecule is Cc1cc(Cn2cncc2C2CNCCO2)sc1C. The van der Waals surface area contributed by atoms with Crippen LogP contribution in [0.2, 0.25) is 0 Å². The predicted octanol–water partition coefficient (Wildman–Crippen LogP) is 2.27. The van der Waals surface area contributed by atoms with E-state index in [0.29, 0.717) is 0 Å². The molecular weight excluding hydrogens is 258 g/mol. The van der Waals surface area contributed by atoms with Crippen LogP contribution in [0, 0.1) is 13.8 Å². The second-order valence-corrected chi connectivity index (χ2v) is 6.30. The van der Waals surface area contributed by atoms with Gasteiger partial charge in [0.1, 0.15) is 6.10 Å². The third-order valence-electron chi connectivity index (χ3n) is 3.55. The van der Waals surface area contributed by atoms with Gasteiger partial charge in [-0.25, -0.2) is 4.98 Å². The topological polar surface area (TPSA) is 39.1 Å². The van der Waals surface area contributed by atoms with Crippen molar-refractivity contribution in [3.05, 3.63) is 39.6 Å². The van der Waals surface area contributed by atoms with Crippen LogP contribution in [0.4, 0.5) is 0 Å². The maximum atomic E-state index is 5.81. The van der Waals surface area contributed by atoms with E-state index in [-0.39, 0.29) is 6.10 Å². The zero-order chi connectivity index (χ0) is 13.2. The summed E-state index contributed by atoms with van der Waals surface area (Å²) in [4.78, 5) is 7.05. The minimum atomic E-state index is 0.124. The molecule has 4 nitrogen and oxygen atoms in total. The van der Waals surface area contributed by atoms with E-state index in [1.54, 1.807) is 0 Å². The Kier molecular flexibility index (Phi) is 3.68. The summed E-state index contributed by atoms with van der Waals surface area (Å²) in [6.45, 7) is 7.80. The van der Waals surface area contributed by atoms with Crippen LogP contribution in [0.15, 0.2) is 18.6 Å². The highest BCUT2D eigenvalue weighted by molar-refractivity contribution is 7.12. The highest BCUT2D eigenvalue weighted by Gasteiger charge is 2.19. The Morgan fingerprint density at radius 2 is 2.42 bits per heavy atom. The summed E-state index contributed by atoms with van der Waals surface area (Å²) in [7, 11) is 0. The van der Waals surface area contributed by atoms with Crippen molar-refractivity contribution in [1.82, 2.24) is 14.9 Å². The molecule has 1 saturated heterocycles. The van der Waals surface area contributed by atoms with Gasteiger partial charge < -0.3 is 14.6 Å². The van der Waals surface area contributed by atoms with E-state index >= 15 is 0 Å². The Hall–Kier alpha value is -1.17. The number of morpholine rings is 1. The molecule has 0 aromatic carbocycles. The first-order valence-electron chi connectivity index (χ1n) is 6.62. The molecule has 3 heterocycles. The van der Waals surface area contributed by atoms with Gasteiger partial charge in [0.25, 0.3) is 0 Å². The molecule has 2 aromatic heterocycles. The molecule has 2 aromatic rings. The van der Waals surface area contributed by atoms with E-state index < -0.39 is 0 Å². The molecule has 0 aliphatic carbocycles. The van der Waals surface area contributed by atoms with Crippen LogP contribution in [0.3, 0.4) is 0 Å². The van der Waals surface area contributed by atoms with E-state index in [4.69, 9.17) is 4.74 Å². The quantitative estimate of drug-likeness (QED) is 0.935. The van der Waals surface area contributed by atoms with Gasteiger partial charge in [0.2, 0.25) is 0 Å². The standard InChI is InChI=1S/C14H19N3OS/c1-10-5-12(19-11(10)2)8-17-9-16-6-13(17)14-7-15-3-4-18-14/h5-6,9,14-15H,3-4,7-8H2,1-2H3. The Labute approximate surface area is 117 Å². The summed E-state index contributed by atoms with van der Waals surface area (Å²) in [5.74, 6) is 0. The van der Waals surface area contributed by atoms with Crippen molar-refractivity contribution in [3.63, 3.8) is 0 Å². The fourth-order valence-electron chi connectivity index (χ4n) is 2.38. The summed E-state index contributed by atoms with van der Waals surface area (Å²) < 4.78 is 8.01. The lowest BCUT2D eigenvalue weighted by molar-refractivity contribution is 0.0230. The highest BCUT2D eigenvalue weighted by atomic mass is 32.1. The Balaban J connectivity index is 1.79. The fraction of sp³-hybridized carbons (Fsp3) is 0.500. The van der Waals surface area contributed by atoms with E-state index in [2.05, 4.69) is 34.8 Å². The van der Waals surface area contributed by atoms with Gasteiger partial charge in [0.05, 0.1) is 31.4 Å². The lowest BCUT2D eigenvalue weighted by Crippen LogP contribution is -2.34. The van der Waals surface area contributed by atoms with Crippen LogP contribution in [-0.4, -0.2) is 29.2 Å². The van der Waals surface area contributed by atoms with Crippen molar-refractivity contribution in [1.29, 1.82) is 0 Å². The molecule has 3 rings (SSSR count).